The Morgan fingerprint density at radius 1 is 1.00 bits per heavy atom. The van der Waals surface area contributed by atoms with Gasteiger partial charge in [0.1, 0.15) is 11.4 Å². The second kappa shape index (κ2) is 5.81. The molecule has 3 rings (SSSR count). The number of carbonyl (C=O) groups is 2. The van der Waals surface area contributed by atoms with E-state index in [2.05, 4.69) is 5.32 Å². The molecule has 0 spiro atoms. The Hall–Kier alpha value is -2.95. The van der Waals surface area contributed by atoms with Crippen LogP contribution in [0.25, 0.3) is 11.0 Å². The Labute approximate surface area is 125 Å². The maximum atomic E-state index is 12.8. The summed E-state index contributed by atoms with van der Waals surface area (Å²) in [5.74, 6) is -1.04. The molecule has 1 amide bonds. The third-order valence-electron chi connectivity index (χ3n) is 3.29. The summed E-state index contributed by atoms with van der Waals surface area (Å²) < 4.78 is 18.0. The molecule has 5 heteroatoms. The summed E-state index contributed by atoms with van der Waals surface area (Å²) in [6, 6.07) is 12.0. The van der Waals surface area contributed by atoms with Crippen molar-refractivity contribution < 1.29 is 18.4 Å². The standard InChI is InChI=1S/C17H12FNO3/c18-14-4-1-11(2-5-14)17(21)19-10-15(20)12-3-6-16-13(9-12)7-8-22-16/h1-9H,10H2,(H,19,21). The second-order valence-electron chi connectivity index (χ2n) is 4.79. The highest BCUT2D eigenvalue weighted by atomic mass is 19.1. The van der Waals surface area contributed by atoms with Crippen LogP contribution in [0.4, 0.5) is 4.39 Å². The monoisotopic (exact) mass is 297 g/mol. The summed E-state index contributed by atoms with van der Waals surface area (Å²) in [6.07, 6.45) is 1.55. The summed E-state index contributed by atoms with van der Waals surface area (Å²) in [7, 11) is 0. The van der Waals surface area contributed by atoms with E-state index in [1.54, 1.807) is 30.5 Å². The zero-order valence-electron chi connectivity index (χ0n) is 11.5. The van der Waals surface area contributed by atoms with E-state index < -0.39 is 11.7 Å². The van der Waals surface area contributed by atoms with E-state index in [4.69, 9.17) is 4.42 Å². The molecule has 0 aliphatic rings. The molecule has 4 nitrogen and oxygen atoms in total. The van der Waals surface area contributed by atoms with Gasteiger partial charge in [0, 0.05) is 16.5 Å². The largest absolute Gasteiger partial charge is 0.464 e. The fourth-order valence-corrected chi connectivity index (χ4v) is 2.11. The summed E-state index contributed by atoms with van der Waals surface area (Å²) in [5.41, 5.74) is 1.50. The molecule has 0 atom stereocenters. The van der Waals surface area contributed by atoms with Crippen LogP contribution in [0.5, 0.6) is 0 Å². The van der Waals surface area contributed by atoms with Gasteiger partial charge in [-0.05, 0) is 48.5 Å². The molecule has 0 radical (unpaired) electrons. The van der Waals surface area contributed by atoms with Gasteiger partial charge in [-0.15, -0.1) is 0 Å². The molecule has 1 N–H and O–H groups in total. The van der Waals surface area contributed by atoms with Crippen LogP contribution < -0.4 is 5.32 Å². The number of carbonyl (C=O) groups excluding carboxylic acids is 2. The van der Waals surface area contributed by atoms with Crippen molar-refractivity contribution >= 4 is 22.7 Å². The van der Waals surface area contributed by atoms with Gasteiger partial charge in [-0.25, -0.2) is 4.39 Å². The van der Waals surface area contributed by atoms with Crippen LogP contribution in [0, 0.1) is 5.82 Å². The molecule has 22 heavy (non-hydrogen) atoms. The number of ketones is 1. The van der Waals surface area contributed by atoms with E-state index in [1.165, 1.54) is 24.3 Å². The van der Waals surface area contributed by atoms with E-state index in [0.717, 1.165) is 5.39 Å². The van der Waals surface area contributed by atoms with Crippen molar-refractivity contribution in [3.8, 4) is 0 Å². The van der Waals surface area contributed by atoms with Crippen molar-refractivity contribution in [3.05, 3.63) is 71.7 Å². The lowest BCUT2D eigenvalue weighted by Crippen LogP contribution is -2.29. The van der Waals surface area contributed by atoms with Gasteiger partial charge in [-0.3, -0.25) is 9.59 Å². The van der Waals surface area contributed by atoms with Gasteiger partial charge in [-0.2, -0.15) is 0 Å². The Morgan fingerprint density at radius 3 is 2.50 bits per heavy atom. The molecule has 0 saturated carbocycles. The van der Waals surface area contributed by atoms with Gasteiger partial charge in [0.25, 0.3) is 5.91 Å². The number of fused-ring (bicyclic) bond motifs is 1. The number of halogens is 1. The molecule has 0 aliphatic carbocycles. The van der Waals surface area contributed by atoms with Crippen LogP contribution in [-0.2, 0) is 0 Å². The molecule has 110 valence electrons. The molecule has 0 aliphatic heterocycles. The smallest absolute Gasteiger partial charge is 0.251 e. The third kappa shape index (κ3) is 2.88. The number of Topliss-reactive ketones (excluding diaryl/α,β-unsaturated/α-hetero) is 1. The highest BCUT2D eigenvalue weighted by molar-refractivity contribution is 6.03. The number of hydrogen-bond donors (Lipinski definition) is 1. The van der Waals surface area contributed by atoms with Crippen molar-refractivity contribution in [2.75, 3.05) is 6.54 Å². The quantitative estimate of drug-likeness (QED) is 0.752. The Kier molecular flexibility index (Phi) is 3.70. The molecule has 0 saturated heterocycles. The highest BCUT2D eigenvalue weighted by Crippen LogP contribution is 2.17. The first kappa shape index (κ1) is 14.0. The lowest BCUT2D eigenvalue weighted by Gasteiger charge is -2.05. The van der Waals surface area contributed by atoms with Crippen LogP contribution in [0.2, 0.25) is 0 Å². The van der Waals surface area contributed by atoms with E-state index in [0.29, 0.717) is 16.7 Å². The lowest BCUT2D eigenvalue weighted by molar-refractivity contribution is 0.0904. The number of amides is 1. The van der Waals surface area contributed by atoms with Gasteiger partial charge < -0.3 is 9.73 Å². The van der Waals surface area contributed by atoms with Gasteiger partial charge in [0.15, 0.2) is 5.78 Å². The molecule has 2 aromatic carbocycles. The Morgan fingerprint density at radius 2 is 1.73 bits per heavy atom. The van der Waals surface area contributed by atoms with E-state index in [9.17, 15) is 14.0 Å². The van der Waals surface area contributed by atoms with Crippen molar-refractivity contribution in [2.45, 2.75) is 0 Å². The molecule has 0 fully saturated rings. The summed E-state index contributed by atoms with van der Waals surface area (Å²) >= 11 is 0. The Balaban J connectivity index is 1.66. The molecular formula is C17H12FNO3. The van der Waals surface area contributed by atoms with Crippen LogP contribution in [0.1, 0.15) is 20.7 Å². The van der Waals surface area contributed by atoms with Gasteiger partial charge in [0.2, 0.25) is 0 Å². The first-order valence-electron chi connectivity index (χ1n) is 6.68. The van der Waals surface area contributed by atoms with Gasteiger partial charge >= 0.3 is 0 Å². The first-order chi connectivity index (χ1) is 10.6. The molecule has 3 aromatic rings. The van der Waals surface area contributed by atoms with Crippen LogP contribution in [0.15, 0.2) is 59.2 Å². The number of rotatable bonds is 4. The molecule has 0 bridgehead atoms. The minimum atomic E-state index is -0.419. The summed E-state index contributed by atoms with van der Waals surface area (Å²) in [5, 5.41) is 3.35. The van der Waals surface area contributed by atoms with Crippen molar-refractivity contribution in [3.63, 3.8) is 0 Å². The number of furan rings is 1. The maximum absolute atomic E-state index is 12.8. The fraction of sp³-hybridized carbons (Fsp3) is 0.0588. The predicted molar refractivity (Wildman–Crippen MR) is 79.3 cm³/mol. The number of nitrogens with one attached hydrogen (secondary N) is 1. The minimum absolute atomic E-state index is 0.125. The van der Waals surface area contributed by atoms with Crippen molar-refractivity contribution in [1.29, 1.82) is 0 Å². The topological polar surface area (TPSA) is 59.3 Å². The summed E-state index contributed by atoms with van der Waals surface area (Å²) in [6.45, 7) is -0.125. The van der Waals surface area contributed by atoms with Crippen LogP contribution >= 0.6 is 0 Å². The fourth-order valence-electron chi connectivity index (χ4n) is 2.11. The zero-order valence-corrected chi connectivity index (χ0v) is 11.5. The van der Waals surface area contributed by atoms with Crippen LogP contribution in [-0.4, -0.2) is 18.2 Å². The van der Waals surface area contributed by atoms with Gasteiger partial charge in [0.05, 0.1) is 12.8 Å². The van der Waals surface area contributed by atoms with Crippen LogP contribution in [0.3, 0.4) is 0 Å². The van der Waals surface area contributed by atoms with E-state index >= 15 is 0 Å². The van der Waals surface area contributed by atoms with E-state index in [-0.39, 0.29) is 12.3 Å². The maximum Gasteiger partial charge on any atom is 0.251 e. The lowest BCUT2D eigenvalue weighted by atomic mass is 10.1. The normalized spacial score (nSPS) is 10.6. The molecular weight excluding hydrogens is 285 g/mol. The minimum Gasteiger partial charge on any atom is -0.464 e. The second-order valence-corrected chi connectivity index (χ2v) is 4.79. The molecule has 1 aromatic heterocycles. The molecule has 0 unspecified atom stereocenters. The van der Waals surface area contributed by atoms with Gasteiger partial charge in [-0.1, -0.05) is 0 Å². The third-order valence-corrected chi connectivity index (χ3v) is 3.29. The van der Waals surface area contributed by atoms with Crippen molar-refractivity contribution in [1.82, 2.24) is 5.32 Å². The highest BCUT2D eigenvalue weighted by Gasteiger charge is 2.11. The number of benzene rings is 2. The average Bonchev–Trinajstić information content (AvgIpc) is 3.00. The predicted octanol–water partition coefficient (Wildman–Crippen LogP) is 3.18. The molecule has 1 heterocycles. The average molecular weight is 297 g/mol. The number of hydrogen-bond acceptors (Lipinski definition) is 3. The Bertz CT molecular complexity index is 836. The SMILES string of the molecule is O=C(CNC(=O)c1ccc(F)cc1)c1ccc2occc2c1. The van der Waals surface area contributed by atoms with E-state index in [1.807, 2.05) is 0 Å². The summed E-state index contributed by atoms with van der Waals surface area (Å²) in [4.78, 5) is 24.0. The van der Waals surface area contributed by atoms with Crippen molar-refractivity contribution in [2.24, 2.45) is 0 Å². The first-order valence-corrected chi connectivity index (χ1v) is 6.68. The zero-order chi connectivity index (χ0) is 15.5.